The molecule has 0 amide bonds. The van der Waals surface area contributed by atoms with Gasteiger partial charge in [-0.25, -0.2) is 0 Å². The van der Waals surface area contributed by atoms with E-state index in [2.05, 4.69) is 4.72 Å². The maximum Gasteiger partial charge on any atom is 0.326 e. The van der Waals surface area contributed by atoms with E-state index >= 15 is 0 Å². The summed E-state index contributed by atoms with van der Waals surface area (Å²) in [5, 5.41) is -1.07. The number of nitrogens with zero attached hydrogens (tertiary/aromatic N) is 1. The lowest BCUT2D eigenvalue weighted by molar-refractivity contribution is -0.488. The second-order valence-electron chi connectivity index (χ2n) is 4.12. The van der Waals surface area contributed by atoms with Gasteiger partial charge in [-0.05, 0) is 6.07 Å². The number of hydrogen-bond donors (Lipinski definition) is 1. The van der Waals surface area contributed by atoms with Crippen molar-refractivity contribution in [2.24, 2.45) is 5.92 Å². The topological polar surface area (TPSA) is 66.2 Å². The highest BCUT2D eigenvalue weighted by Gasteiger charge is 2.48. The third-order valence-corrected chi connectivity index (χ3v) is 4.39. The lowest BCUT2D eigenvalue weighted by atomic mass is 10.2. The van der Waals surface area contributed by atoms with E-state index in [1.54, 1.807) is 38.1 Å². The number of benzene rings is 1. The van der Waals surface area contributed by atoms with Crippen molar-refractivity contribution in [2.75, 3.05) is 4.72 Å². The van der Waals surface area contributed by atoms with Gasteiger partial charge in [0.2, 0.25) is 0 Å². The van der Waals surface area contributed by atoms with Crippen molar-refractivity contribution in [2.45, 2.75) is 19.2 Å². The number of para-hydroxylation sites is 2. The van der Waals surface area contributed by atoms with Gasteiger partial charge in [0, 0.05) is 16.9 Å². The highest BCUT2D eigenvalue weighted by atomic mass is 32.2. The summed E-state index contributed by atoms with van der Waals surface area (Å²) in [4.78, 5) is 12.0. The van der Waals surface area contributed by atoms with Gasteiger partial charge in [-0.3, -0.25) is 4.72 Å². The summed E-state index contributed by atoms with van der Waals surface area (Å²) in [5.41, 5.74) is 0.713. The van der Waals surface area contributed by atoms with Gasteiger partial charge in [-0.1, -0.05) is 26.0 Å². The molecule has 1 aliphatic rings. The van der Waals surface area contributed by atoms with E-state index in [0.717, 1.165) is 0 Å². The van der Waals surface area contributed by atoms with Crippen LogP contribution in [0.5, 0.6) is 0 Å². The van der Waals surface area contributed by atoms with Gasteiger partial charge < -0.3 is 0 Å². The number of rotatable bonds is 1. The number of nitrogens with one attached hydrogen (secondary N) is 1. The zero-order valence-electron chi connectivity index (χ0n) is 9.04. The molecule has 0 saturated heterocycles. The van der Waals surface area contributed by atoms with Crippen molar-refractivity contribution < 1.29 is 13.2 Å². The quantitative estimate of drug-likeness (QED) is 0.763. The van der Waals surface area contributed by atoms with Gasteiger partial charge in [0.25, 0.3) is 5.69 Å². The maximum atomic E-state index is 12.0. The minimum Gasteiger partial charge on any atom is -0.271 e. The summed E-state index contributed by atoms with van der Waals surface area (Å²) < 4.78 is 26.7. The Morgan fingerprint density at radius 2 is 1.94 bits per heavy atom. The van der Waals surface area contributed by atoms with Crippen LogP contribution in [0.1, 0.15) is 13.8 Å². The molecule has 6 heteroatoms. The van der Waals surface area contributed by atoms with E-state index < -0.39 is 15.4 Å². The summed E-state index contributed by atoms with van der Waals surface area (Å²) in [6.45, 7) is 3.42. The number of fused-ring (bicyclic) bond motifs is 1. The molecule has 1 heterocycles. The summed E-state index contributed by atoms with van der Waals surface area (Å²) in [6, 6.07) is 6.58. The van der Waals surface area contributed by atoms with E-state index in [-0.39, 0.29) is 5.92 Å². The Balaban J connectivity index is 2.61. The molecule has 1 aromatic carbocycles. The highest BCUT2D eigenvalue weighted by molar-refractivity contribution is 7.93. The molecular weight excluding hydrogens is 228 g/mol. The SMILES string of the molecule is CC(C)C1[N+](=O)c2ccccc2NS1(=O)=O. The average molecular weight is 241 g/mol. The molecule has 1 unspecified atom stereocenters. The molecule has 0 saturated carbocycles. The molecule has 1 aromatic rings. The number of sulfonamides is 1. The van der Waals surface area contributed by atoms with Crippen LogP contribution in [0.15, 0.2) is 24.3 Å². The summed E-state index contributed by atoms with van der Waals surface area (Å²) in [7, 11) is -3.62. The molecule has 0 bridgehead atoms. The van der Waals surface area contributed by atoms with Crippen LogP contribution in [-0.2, 0) is 10.0 Å². The molecule has 16 heavy (non-hydrogen) atoms. The Bertz CT molecular complexity index is 537. The van der Waals surface area contributed by atoms with Gasteiger partial charge in [-0.15, -0.1) is 0 Å². The largest absolute Gasteiger partial charge is 0.326 e. The van der Waals surface area contributed by atoms with E-state index in [1.165, 1.54) is 0 Å². The van der Waals surface area contributed by atoms with Crippen LogP contribution in [-0.4, -0.2) is 18.6 Å². The van der Waals surface area contributed by atoms with Crippen LogP contribution in [0, 0.1) is 10.8 Å². The minimum absolute atomic E-state index is 0.275. The predicted molar refractivity (Wildman–Crippen MR) is 60.9 cm³/mol. The van der Waals surface area contributed by atoms with Crippen LogP contribution in [0.25, 0.3) is 0 Å². The molecule has 2 rings (SSSR count). The smallest absolute Gasteiger partial charge is 0.271 e. The first-order valence-corrected chi connectivity index (χ1v) is 6.55. The Morgan fingerprint density at radius 3 is 2.56 bits per heavy atom. The Labute approximate surface area is 94.1 Å². The van der Waals surface area contributed by atoms with Crippen LogP contribution >= 0.6 is 0 Å². The molecular formula is C10H13N2O3S+. The molecule has 1 aliphatic heterocycles. The number of anilines is 1. The lowest BCUT2D eigenvalue weighted by Gasteiger charge is -2.20. The van der Waals surface area contributed by atoms with E-state index in [4.69, 9.17) is 0 Å². The van der Waals surface area contributed by atoms with Crippen LogP contribution < -0.4 is 4.72 Å². The van der Waals surface area contributed by atoms with E-state index in [9.17, 15) is 13.3 Å². The van der Waals surface area contributed by atoms with Crippen LogP contribution in [0.2, 0.25) is 0 Å². The van der Waals surface area contributed by atoms with Crippen molar-refractivity contribution in [1.82, 2.24) is 0 Å². The van der Waals surface area contributed by atoms with Crippen molar-refractivity contribution in [1.29, 1.82) is 0 Å². The van der Waals surface area contributed by atoms with Gasteiger partial charge in [0.15, 0.2) is 0 Å². The van der Waals surface area contributed by atoms with E-state index in [1.807, 2.05) is 0 Å². The maximum absolute atomic E-state index is 12.0. The molecule has 5 nitrogen and oxygen atoms in total. The summed E-state index contributed by atoms with van der Waals surface area (Å²) in [5.74, 6) is -0.275. The van der Waals surface area contributed by atoms with E-state index in [0.29, 0.717) is 16.1 Å². The standard InChI is InChI=1S/C10H13N2O3S/c1-7(2)10-12(13)9-6-4-3-5-8(9)11-16(10,14)15/h3-7,10-11H,1-2H3/q+1. The van der Waals surface area contributed by atoms with Crippen molar-refractivity contribution in [3.63, 3.8) is 0 Å². The van der Waals surface area contributed by atoms with Gasteiger partial charge in [-0.2, -0.15) is 8.42 Å². The molecule has 86 valence electrons. The molecule has 0 aromatic heterocycles. The minimum atomic E-state index is -3.62. The zero-order chi connectivity index (χ0) is 11.9. The Kier molecular flexibility index (Phi) is 2.46. The van der Waals surface area contributed by atoms with Crippen molar-refractivity contribution in [3.05, 3.63) is 29.2 Å². The molecule has 0 aliphatic carbocycles. The fraction of sp³-hybridized carbons (Fsp3) is 0.400. The number of hydrogen-bond acceptors (Lipinski definition) is 3. The summed E-state index contributed by atoms with van der Waals surface area (Å²) >= 11 is 0. The third kappa shape index (κ3) is 1.59. The van der Waals surface area contributed by atoms with Crippen LogP contribution in [0.4, 0.5) is 11.4 Å². The molecule has 0 spiro atoms. The molecule has 1 N–H and O–H groups in total. The number of nitroso groups, excluding NO2 is 1. The van der Waals surface area contributed by atoms with Crippen molar-refractivity contribution in [3.8, 4) is 0 Å². The van der Waals surface area contributed by atoms with Gasteiger partial charge in [0.1, 0.15) is 5.69 Å². The molecule has 1 atom stereocenters. The Morgan fingerprint density at radius 1 is 1.31 bits per heavy atom. The zero-order valence-corrected chi connectivity index (χ0v) is 9.86. The van der Waals surface area contributed by atoms with Gasteiger partial charge >= 0.3 is 15.4 Å². The second kappa shape index (κ2) is 3.55. The first kappa shape index (κ1) is 11.1. The monoisotopic (exact) mass is 241 g/mol. The summed E-state index contributed by atoms with van der Waals surface area (Å²) in [6.07, 6.45) is 0. The predicted octanol–water partition coefficient (Wildman–Crippen LogP) is 1.83. The Hall–Kier alpha value is -1.43. The molecule has 0 fully saturated rings. The van der Waals surface area contributed by atoms with Gasteiger partial charge in [0.05, 0.1) is 4.76 Å². The average Bonchev–Trinajstić information content (AvgIpc) is 2.15. The van der Waals surface area contributed by atoms with Crippen LogP contribution in [0.3, 0.4) is 0 Å². The fourth-order valence-corrected chi connectivity index (χ4v) is 3.54. The first-order chi connectivity index (χ1) is 7.43. The first-order valence-electron chi connectivity index (χ1n) is 5.00. The van der Waals surface area contributed by atoms with Crippen molar-refractivity contribution >= 4 is 21.4 Å². The lowest BCUT2D eigenvalue weighted by Crippen LogP contribution is -2.42. The third-order valence-electron chi connectivity index (χ3n) is 2.51. The second-order valence-corrected chi connectivity index (χ2v) is 5.90. The normalized spacial score (nSPS) is 22.7. The molecule has 0 radical (unpaired) electrons. The fourth-order valence-electron chi connectivity index (χ4n) is 1.86. The highest BCUT2D eigenvalue weighted by Crippen LogP contribution is 2.34.